The summed E-state index contributed by atoms with van der Waals surface area (Å²) in [5.74, 6) is 0. The van der Waals surface area contributed by atoms with Gasteiger partial charge in [-0.25, -0.2) is 0 Å². The maximum atomic E-state index is 6.08. The molecule has 1 aliphatic heterocycles. The molecule has 1 N–H and O–H groups in total. The summed E-state index contributed by atoms with van der Waals surface area (Å²) in [5.41, 5.74) is 2.52. The molecule has 0 radical (unpaired) electrons. The molecule has 0 saturated carbocycles. The highest BCUT2D eigenvalue weighted by atomic mass is 35.5. The molecule has 1 aliphatic rings. The van der Waals surface area contributed by atoms with Crippen LogP contribution in [-0.2, 0) is 6.54 Å². The molecule has 1 saturated heterocycles. The Morgan fingerprint density at radius 1 is 1.30 bits per heavy atom. The Kier molecular flexibility index (Phi) is 4.31. The number of hydrogen-bond acceptors (Lipinski definition) is 3. The summed E-state index contributed by atoms with van der Waals surface area (Å²) in [4.78, 5) is 6.73. The fraction of sp³-hybridized carbons (Fsp3) is 0.312. The number of nitrogens with one attached hydrogen (secondary N) is 1. The first-order valence-corrected chi connectivity index (χ1v) is 7.30. The number of piperazine rings is 1. The van der Waals surface area contributed by atoms with Gasteiger partial charge in [0.05, 0.1) is 0 Å². The Bertz CT molecular complexity index is 559. The van der Waals surface area contributed by atoms with Crippen molar-refractivity contribution >= 4 is 11.6 Å². The average molecular weight is 288 g/mol. The number of hydrogen-bond donors (Lipinski definition) is 1. The van der Waals surface area contributed by atoms with E-state index in [0.717, 1.165) is 31.2 Å². The highest BCUT2D eigenvalue weighted by molar-refractivity contribution is 6.30. The minimum absolute atomic E-state index is 0.372. The maximum absolute atomic E-state index is 6.08. The Balaban J connectivity index is 1.79. The summed E-state index contributed by atoms with van der Waals surface area (Å²) in [6, 6.07) is 12.6. The number of nitrogens with zero attached hydrogens (tertiary/aromatic N) is 2. The summed E-state index contributed by atoms with van der Waals surface area (Å²) in [6.45, 7) is 3.94. The van der Waals surface area contributed by atoms with Gasteiger partial charge in [0.1, 0.15) is 0 Å². The second kappa shape index (κ2) is 6.35. The van der Waals surface area contributed by atoms with Gasteiger partial charge < -0.3 is 5.32 Å². The molecule has 1 aromatic heterocycles. The van der Waals surface area contributed by atoms with Gasteiger partial charge in [0.25, 0.3) is 0 Å². The summed E-state index contributed by atoms with van der Waals surface area (Å²) >= 11 is 6.08. The van der Waals surface area contributed by atoms with Crippen LogP contribution < -0.4 is 5.32 Å². The van der Waals surface area contributed by atoms with Gasteiger partial charge in [0.2, 0.25) is 0 Å². The van der Waals surface area contributed by atoms with Crippen LogP contribution in [0.4, 0.5) is 0 Å². The van der Waals surface area contributed by atoms with Crippen molar-refractivity contribution in [3.8, 4) is 0 Å². The monoisotopic (exact) mass is 287 g/mol. The lowest BCUT2D eigenvalue weighted by atomic mass is 10.0. The van der Waals surface area contributed by atoms with Gasteiger partial charge in [-0.15, -0.1) is 0 Å². The fourth-order valence-corrected chi connectivity index (χ4v) is 2.92. The minimum atomic E-state index is 0.372. The molecule has 2 aromatic rings. The molecule has 1 atom stereocenters. The van der Waals surface area contributed by atoms with Crippen LogP contribution in [0.1, 0.15) is 17.2 Å². The molecule has 20 heavy (non-hydrogen) atoms. The molecular weight excluding hydrogens is 270 g/mol. The molecule has 3 nitrogen and oxygen atoms in total. The summed E-state index contributed by atoms with van der Waals surface area (Å²) in [5, 5.41) is 4.27. The van der Waals surface area contributed by atoms with E-state index in [-0.39, 0.29) is 0 Å². The molecule has 104 valence electrons. The van der Waals surface area contributed by atoms with Crippen LogP contribution in [0.3, 0.4) is 0 Å². The van der Waals surface area contributed by atoms with Crippen LogP contribution in [-0.4, -0.2) is 29.5 Å². The van der Waals surface area contributed by atoms with Gasteiger partial charge in [-0.05, 0) is 29.3 Å². The average Bonchev–Trinajstić information content (AvgIpc) is 2.49. The first-order chi connectivity index (χ1) is 9.83. The smallest absolute Gasteiger partial charge is 0.0491 e. The molecule has 1 aromatic carbocycles. The first kappa shape index (κ1) is 13.6. The van der Waals surface area contributed by atoms with Crippen molar-refractivity contribution in [2.45, 2.75) is 12.6 Å². The van der Waals surface area contributed by atoms with Gasteiger partial charge in [-0.1, -0.05) is 29.8 Å². The van der Waals surface area contributed by atoms with Crippen molar-refractivity contribution in [3.05, 3.63) is 64.9 Å². The lowest BCUT2D eigenvalue weighted by molar-refractivity contribution is 0.153. The third-order valence-electron chi connectivity index (χ3n) is 3.70. The Morgan fingerprint density at radius 2 is 2.25 bits per heavy atom. The fourth-order valence-electron chi connectivity index (χ4n) is 2.71. The standard InChI is InChI=1S/C16H18ClN3/c17-15-5-1-3-13(9-15)12-20-8-7-19-11-16(20)14-4-2-6-18-10-14/h1-6,9-10,16,19H,7-8,11-12H2. The third-order valence-corrected chi connectivity index (χ3v) is 3.93. The van der Waals surface area contributed by atoms with Crippen molar-refractivity contribution < 1.29 is 0 Å². The van der Waals surface area contributed by atoms with Gasteiger partial charge in [0.15, 0.2) is 0 Å². The van der Waals surface area contributed by atoms with Crippen molar-refractivity contribution in [3.63, 3.8) is 0 Å². The van der Waals surface area contributed by atoms with E-state index in [0.29, 0.717) is 6.04 Å². The van der Waals surface area contributed by atoms with Crippen LogP contribution in [0.15, 0.2) is 48.8 Å². The zero-order chi connectivity index (χ0) is 13.8. The van der Waals surface area contributed by atoms with Crippen molar-refractivity contribution in [2.24, 2.45) is 0 Å². The van der Waals surface area contributed by atoms with Crippen LogP contribution in [0, 0.1) is 0 Å². The van der Waals surface area contributed by atoms with Crippen LogP contribution in [0.5, 0.6) is 0 Å². The van der Waals surface area contributed by atoms with E-state index >= 15 is 0 Å². The van der Waals surface area contributed by atoms with E-state index in [1.54, 1.807) is 0 Å². The van der Waals surface area contributed by atoms with Gasteiger partial charge >= 0.3 is 0 Å². The predicted octanol–water partition coefficient (Wildman–Crippen LogP) is 2.88. The lowest BCUT2D eigenvalue weighted by Gasteiger charge is -2.36. The Hall–Kier alpha value is -1.42. The first-order valence-electron chi connectivity index (χ1n) is 6.92. The number of benzene rings is 1. The number of pyridine rings is 1. The van der Waals surface area contributed by atoms with E-state index in [4.69, 9.17) is 11.6 Å². The Morgan fingerprint density at radius 3 is 3.05 bits per heavy atom. The highest BCUT2D eigenvalue weighted by Crippen LogP contribution is 2.24. The van der Waals surface area contributed by atoms with Crippen LogP contribution in [0.2, 0.25) is 5.02 Å². The van der Waals surface area contributed by atoms with E-state index < -0.39 is 0 Å². The van der Waals surface area contributed by atoms with Crippen LogP contribution >= 0.6 is 11.6 Å². The number of halogens is 1. The zero-order valence-electron chi connectivity index (χ0n) is 11.3. The van der Waals surface area contributed by atoms with Crippen molar-refractivity contribution in [1.29, 1.82) is 0 Å². The van der Waals surface area contributed by atoms with Crippen LogP contribution in [0.25, 0.3) is 0 Å². The molecule has 2 heterocycles. The van der Waals surface area contributed by atoms with Gasteiger partial charge in [0, 0.05) is 49.6 Å². The second-order valence-electron chi connectivity index (χ2n) is 5.11. The number of rotatable bonds is 3. The van der Waals surface area contributed by atoms with Gasteiger partial charge in [-0.2, -0.15) is 0 Å². The minimum Gasteiger partial charge on any atom is -0.314 e. The molecule has 4 heteroatoms. The topological polar surface area (TPSA) is 28.2 Å². The maximum Gasteiger partial charge on any atom is 0.0491 e. The molecule has 0 aliphatic carbocycles. The number of aromatic nitrogens is 1. The molecule has 0 amide bonds. The van der Waals surface area contributed by atoms with E-state index in [9.17, 15) is 0 Å². The molecular formula is C16H18ClN3. The predicted molar refractivity (Wildman–Crippen MR) is 81.7 cm³/mol. The lowest BCUT2D eigenvalue weighted by Crippen LogP contribution is -2.45. The van der Waals surface area contributed by atoms with Gasteiger partial charge in [-0.3, -0.25) is 9.88 Å². The van der Waals surface area contributed by atoms with Crippen molar-refractivity contribution in [2.75, 3.05) is 19.6 Å². The SMILES string of the molecule is Clc1cccc(CN2CCNCC2c2cccnc2)c1. The largest absolute Gasteiger partial charge is 0.314 e. The highest BCUT2D eigenvalue weighted by Gasteiger charge is 2.23. The normalized spacial score (nSPS) is 19.9. The molecule has 0 spiro atoms. The summed E-state index contributed by atoms with van der Waals surface area (Å²) < 4.78 is 0. The molecule has 3 rings (SSSR count). The summed E-state index contributed by atoms with van der Waals surface area (Å²) in [6.07, 6.45) is 3.78. The molecule has 1 fully saturated rings. The van der Waals surface area contributed by atoms with E-state index in [2.05, 4.69) is 27.3 Å². The van der Waals surface area contributed by atoms with E-state index in [1.165, 1.54) is 11.1 Å². The summed E-state index contributed by atoms with van der Waals surface area (Å²) in [7, 11) is 0. The quantitative estimate of drug-likeness (QED) is 0.941. The molecule has 1 unspecified atom stereocenters. The van der Waals surface area contributed by atoms with Crippen molar-refractivity contribution in [1.82, 2.24) is 15.2 Å². The van der Waals surface area contributed by atoms with E-state index in [1.807, 2.05) is 36.7 Å². The second-order valence-corrected chi connectivity index (χ2v) is 5.54. The Labute approximate surface area is 124 Å². The zero-order valence-corrected chi connectivity index (χ0v) is 12.1. The third kappa shape index (κ3) is 3.18. The molecule has 0 bridgehead atoms.